The van der Waals surface area contributed by atoms with E-state index in [0.717, 1.165) is 0 Å². The Bertz CT molecular complexity index is 1060. The largest absolute Gasteiger partial charge is 0.383 e. The summed E-state index contributed by atoms with van der Waals surface area (Å²) in [4.78, 5) is 40.8. The van der Waals surface area contributed by atoms with Crippen molar-refractivity contribution in [3.63, 3.8) is 0 Å². The molecule has 2 aromatic heterocycles. The molecule has 3 aromatic rings. The molecule has 3 amide bonds. The molecule has 0 saturated heterocycles. The van der Waals surface area contributed by atoms with Crippen LogP contribution in [0.25, 0.3) is 5.52 Å². The number of hydrogen-bond donors (Lipinski definition) is 3. The Kier molecular flexibility index (Phi) is 6.20. The molecular weight excluding hydrogens is 374 g/mol. The molecule has 9 heteroatoms. The van der Waals surface area contributed by atoms with E-state index in [1.165, 1.54) is 6.92 Å². The minimum absolute atomic E-state index is 0.0717. The second-order valence-corrected chi connectivity index (χ2v) is 6.20. The highest BCUT2D eigenvalue weighted by Gasteiger charge is 2.21. The first-order valence-electron chi connectivity index (χ1n) is 8.93. The van der Waals surface area contributed by atoms with E-state index in [1.54, 1.807) is 60.2 Å². The minimum Gasteiger partial charge on any atom is -0.383 e. The van der Waals surface area contributed by atoms with Gasteiger partial charge in [0.25, 0.3) is 11.8 Å². The van der Waals surface area contributed by atoms with Crippen LogP contribution in [-0.2, 0) is 9.53 Å². The van der Waals surface area contributed by atoms with E-state index >= 15 is 0 Å². The van der Waals surface area contributed by atoms with Crippen molar-refractivity contribution >= 4 is 34.6 Å². The molecule has 0 radical (unpaired) electrons. The number of rotatable bonds is 7. The maximum Gasteiger partial charge on any atom is 0.292 e. The van der Waals surface area contributed by atoms with Gasteiger partial charge in [-0.3, -0.25) is 18.8 Å². The van der Waals surface area contributed by atoms with Crippen molar-refractivity contribution in [1.29, 1.82) is 0 Å². The van der Waals surface area contributed by atoms with Crippen LogP contribution in [0.5, 0.6) is 0 Å². The number of carbonyl (C=O) groups is 3. The quantitative estimate of drug-likeness (QED) is 0.529. The van der Waals surface area contributed by atoms with E-state index in [1.807, 2.05) is 0 Å². The number of amides is 3. The molecular formula is C20H21N5O4. The number of methoxy groups -OCH3 is 1. The van der Waals surface area contributed by atoms with Crippen molar-refractivity contribution in [2.45, 2.75) is 6.92 Å². The topological polar surface area (TPSA) is 114 Å². The van der Waals surface area contributed by atoms with Crippen LogP contribution in [0.3, 0.4) is 0 Å². The molecule has 29 heavy (non-hydrogen) atoms. The lowest BCUT2D eigenvalue weighted by Gasteiger charge is -2.07. The number of fused-ring (bicyclic) bond motifs is 1. The van der Waals surface area contributed by atoms with Gasteiger partial charge in [0.05, 0.1) is 12.1 Å². The van der Waals surface area contributed by atoms with Crippen LogP contribution in [-0.4, -0.2) is 47.4 Å². The van der Waals surface area contributed by atoms with Gasteiger partial charge < -0.3 is 20.7 Å². The predicted octanol–water partition coefficient (Wildman–Crippen LogP) is 1.92. The van der Waals surface area contributed by atoms with Crippen molar-refractivity contribution in [3.05, 3.63) is 60.2 Å². The van der Waals surface area contributed by atoms with E-state index in [0.29, 0.717) is 30.0 Å². The number of carbonyl (C=O) groups excluding carboxylic acids is 3. The van der Waals surface area contributed by atoms with Gasteiger partial charge in [-0.15, -0.1) is 0 Å². The highest BCUT2D eigenvalue weighted by atomic mass is 16.5. The van der Waals surface area contributed by atoms with E-state index in [2.05, 4.69) is 20.9 Å². The number of benzene rings is 1. The van der Waals surface area contributed by atoms with Crippen LogP contribution in [0.4, 0.5) is 11.4 Å². The third-order valence-electron chi connectivity index (χ3n) is 4.00. The molecule has 9 nitrogen and oxygen atoms in total. The van der Waals surface area contributed by atoms with Gasteiger partial charge in [-0.25, -0.2) is 4.98 Å². The number of hydrogen-bond acceptors (Lipinski definition) is 5. The average molecular weight is 395 g/mol. The second-order valence-electron chi connectivity index (χ2n) is 6.20. The number of ether oxygens (including phenoxy) is 1. The van der Waals surface area contributed by atoms with Crippen molar-refractivity contribution in [2.75, 3.05) is 30.9 Å². The lowest BCUT2D eigenvalue weighted by Crippen LogP contribution is -2.27. The first-order valence-corrected chi connectivity index (χ1v) is 8.93. The molecule has 150 valence electrons. The molecule has 0 unspecified atom stereocenters. The van der Waals surface area contributed by atoms with Crippen LogP contribution < -0.4 is 16.0 Å². The summed E-state index contributed by atoms with van der Waals surface area (Å²) in [5.41, 5.74) is 1.71. The highest BCUT2D eigenvalue weighted by Crippen LogP contribution is 2.18. The number of nitrogens with zero attached hydrogens (tertiary/aromatic N) is 2. The third kappa shape index (κ3) is 4.77. The van der Waals surface area contributed by atoms with Crippen LogP contribution in [0.1, 0.15) is 28.0 Å². The Labute approximate surface area is 167 Å². The molecule has 1 aromatic carbocycles. The molecule has 0 aliphatic heterocycles. The van der Waals surface area contributed by atoms with Crippen molar-refractivity contribution in [3.8, 4) is 0 Å². The molecule has 0 fully saturated rings. The zero-order valence-electron chi connectivity index (χ0n) is 16.1. The van der Waals surface area contributed by atoms with Crippen molar-refractivity contribution < 1.29 is 19.1 Å². The van der Waals surface area contributed by atoms with Crippen LogP contribution in [0.2, 0.25) is 0 Å². The Hall–Kier alpha value is -3.72. The van der Waals surface area contributed by atoms with E-state index < -0.39 is 11.8 Å². The number of nitrogens with one attached hydrogen (secondary N) is 3. The highest BCUT2D eigenvalue weighted by molar-refractivity contribution is 6.06. The number of pyridine rings is 1. The van der Waals surface area contributed by atoms with Crippen LogP contribution >= 0.6 is 0 Å². The van der Waals surface area contributed by atoms with Crippen LogP contribution in [0.15, 0.2) is 48.7 Å². The molecule has 0 spiro atoms. The lowest BCUT2D eigenvalue weighted by atomic mass is 10.2. The maximum atomic E-state index is 12.8. The normalized spacial score (nSPS) is 10.6. The molecule has 0 aliphatic rings. The average Bonchev–Trinajstić information content (AvgIpc) is 3.08. The Morgan fingerprint density at radius 3 is 2.52 bits per heavy atom. The van der Waals surface area contributed by atoms with Crippen molar-refractivity contribution in [2.24, 2.45) is 0 Å². The summed E-state index contributed by atoms with van der Waals surface area (Å²) in [6, 6.07) is 12.0. The number of imidazole rings is 1. The summed E-state index contributed by atoms with van der Waals surface area (Å²) in [5, 5.41) is 8.11. The molecule has 3 N–H and O–H groups in total. The minimum atomic E-state index is -0.484. The van der Waals surface area contributed by atoms with E-state index in [4.69, 9.17) is 4.74 Å². The monoisotopic (exact) mass is 395 g/mol. The Morgan fingerprint density at radius 1 is 1.03 bits per heavy atom. The molecule has 0 atom stereocenters. The van der Waals surface area contributed by atoms with Gasteiger partial charge in [0, 0.05) is 38.1 Å². The maximum absolute atomic E-state index is 12.8. The van der Waals surface area contributed by atoms with Gasteiger partial charge >= 0.3 is 0 Å². The van der Waals surface area contributed by atoms with Gasteiger partial charge in [-0.2, -0.15) is 0 Å². The van der Waals surface area contributed by atoms with Gasteiger partial charge in [0.2, 0.25) is 11.7 Å². The number of aromatic nitrogens is 2. The summed E-state index contributed by atoms with van der Waals surface area (Å²) in [6.45, 7) is 2.11. The summed E-state index contributed by atoms with van der Waals surface area (Å²) < 4.78 is 6.48. The first-order chi connectivity index (χ1) is 14.0. The fourth-order valence-electron chi connectivity index (χ4n) is 2.78. The lowest BCUT2D eigenvalue weighted by molar-refractivity contribution is -0.114. The van der Waals surface area contributed by atoms with Gasteiger partial charge in [-0.1, -0.05) is 12.1 Å². The fourth-order valence-corrected chi connectivity index (χ4v) is 2.78. The summed E-state index contributed by atoms with van der Waals surface area (Å²) in [7, 11) is 1.54. The van der Waals surface area contributed by atoms with E-state index in [-0.39, 0.29) is 17.4 Å². The standard InChI is InChI=1S/C20H21N5O4/c1-13(26)22-14-6-5-7-15(12-14)23-20(28)18-24-17(19(27)21-9-11-29-2)16-8-3-4-10-25(16)18/h3-8,10,12H,9,11H2,1-2H3,(H,21,27)(H,22,26)(H,23,28). The molecule has 2 heterocycles. The molecule has 0 bridgehead atoms. The van der Waals surface area contributed by atoms with Crippen LogP contribution in [0, 0.1) is 0 Å². The molecule has 0 saturated carbocycles. The second kappa shape index (κ2) is 8.98. The van der Waals surface area contributed by atoms with E-state index in [9.17, 15) is 14.4 Å². The summed E-state index contributed by atoms with van der Waals surface area (Å²) in [6.07, 6.45) is 1.66. The Balaban J connectivity index is 1.86. The van der Waals surface area contributed by atoms with Gasteiger partial charge in [0.15, 0.2) is 5.69 Å². The smallest absolute Gasteiger partial charge is 0.292 e. The molecule has 3 rings (SSSR count). The first kappa shape index (κ1) is 20.0. The van der Waals surface area contributed by atoms with Gasteiger partial charge in [0.1, 0.15) is 0 Å². The molecule has 0 aliphatic carbocycles. The summed E-state index contributed by atoms with van der Waals surface area (Å²) >= 11 is 0. The number of anilines is 2. The SMILES string of the molecule is COCCNC(=O)c1nc(C(=O)Nc2cccc(NC(C)=O)c2)n2ccccc12. The predicted molar refractivity (Wildman–Crippen MR) is 108 cm³/mol. The fraction of sp³-hybridized carbons (Fsp3) is 0.200. The summed E-state index contributed by atoms with van der Waals surface area (Å²) in [5.74, 6) is -1.01. The van der Waals surface area contributed by atoms with Crippen molar-refractivity contribution in [1.82, 2.24) is 14.7 Å². The van der Waals surface area contributed by atoms with Gasteiger partial charge in [-0.05, 0) is 30.3 Å². The zero-order chi connectivity index (χ0) is 20.8. The Morgan fingerprint density at radius 2 is 1.79 bits per heavy atom. The zero-order valence-corrected chi connectivity index (χ0v) is 16.1. The third-order valence-corrected chi connectivity index (χ3v) is 4.00.